The van der Waals surface area contributed by atoms with Crippen molar-refractivity contribution in [1.29, 1.82) is 0 Å². The molecule has 0 aromatic carbocycles. The highest BCUT2D eigenvalue weighted by atomic mass is 19.4. The van der Waals surface area contributed by atoms with Gasteiger partial charge in [-0.1, -0.05) is 13.8 Å². The third-order valence-corrected chi connectivity index (χ3v) is 2.75. The molecule has 4 nitrogen and oxygen atoms in total. The van der Waals surface area contributed by atoms with Crippen LogP contribution in [0.4, 0.5) is 13.2 Å². The lowest BCUT2D eigenvalue weighted by Crippen LogP contribution is -2.47. The zero-order chi connectivity index (χ0) is 15.1. The Morgan fingerprint density at radius 1 is 1.26 bits per heavy atom. The Balaban J connectivity index is 4.02. The molecule has 114 valence electrons. The average Bonchev–Trinajstić information content (AvgIpc) is 2.29. The first-order chi connectivity index (χ1) is 8.57. The van der Waals surface area contributed by atoms with Gasteiger partial charge in [0.2, 0.25) is 5.91 Å². The van der Waals surface area contributed by atoms with Crippen molar-refractivity contribution < 1.29 is 23.1 Å². The standard InChI is InChI=1S/C12H23F3N2O2/c1-9(10(19)17-8-12(13,14)15)16-7-11(2,3)5-4-6-18/h9,16,18H,4-8H2,1-3H3,(H,17,19). The van der Waals surface area contributed by atoms with E-state index in [2.05, 4.69) is 5.32 Å². The molecule has 1 unspecified atom stereocenters. The number of aliphatic hydroxyl groups excluding tert-OH is 1. The van der Waals surface area contributed by atoms with Gasteiger partial charge in [0.1, 0.15) is 6.54 Å². The van der Waals surface area contributed by atoms with E-state index in [0.29, 0.717) is 13.0 Å². The Hall–Kier alpha value is -0.820. The number of amides is 1. The van der Waals surface area contributed by atoms with Gasteiger partial charge in [0, 0.05) is 13.2 Å². The van der Waals surface area contributed by atoms with Gasteiger partial charge in [0.25, 0.3) is 0 Å². The van der Waals surface area contributed by atoms with E-state index in [4.69, 9.17) is 5.11 Å². The van der Waals surface area contributed by atoms with Crippen molar-refractivity contribution in [2.24, 2.45) is 5.41 Å². The average molecular weight is 284 g/mol. The fourth-order valence-corrected chi connectivity index (χ4v) is 1.51. The smallest absolute Gasteiger partial charge is 0.396 e. The summed E-state index contributed by atoms with van der Waals surface area (Å²) >= 11 is 0. The van der Waals surface area contributed by atoms with Gasteiger partial charge in [-0.05, 0) is 25.2 Å². The Bertz CT molecular complexity index is 281. The molecule has 0 rings (SSSR count). The first-order valence-electron chi connectivity index (χ1n) is 6.26. The number of hydrogen-bond acceptors (Lipinski definition) is 3. The highest BCUT2D eigenvalue weighted by Crippen LogP contribution is 2.20. The lowest BCUT2D eigenvalue weighted by molar-refractivity contribution is -0.139. The number of nitrogens with one attached hydrogen (secondary N) is 2. The molecule has 0 saturated heterocycles. The summed E-state index contributed by atoms with van der Waals surface area (Å²) in [5.74, 6) is -0.671. The molecule has 1 amide bonds. The normalized spacial score (nSPS) is 14.3. The maximum absolute atomic E-state index is 11.9. The minimum atomic E-state index is -4.39. The summed E-state index contributed by atoms with van der Waals surface area (Å²) in [5.41, 5.74) is -0.124. The molecule has 3 N–H and O–H groups in total. The van der Waals surface area contributed by atoms with Crippen LogP contribution in [0, 0.1) is 5.41 Å². The van der Waals surface area contributed by atoms with E-state index in [9.17, 15) is 18.0 Å². The van der Waals surface area contributed by atoms with Crippen molar-refractivity contribution in [3.8, 4) is 0 Å². The number of carbonyl (C=O) groups excluding carboxylic acids is 1. The molecule has 0 aromatic rings. The van der Waals surface area contributed by atoms with Crippen LogP contribution in [0.2, 0.25) is 0 Å². The van der Waals surface area contributed by atoms with Crippen molar-refractivity contribution in [2.45, 2.75) is 45.8 Å². The molecule has 0 aliphatic carbocycles. The summed E-state index contributed by atoms with van der Waals surface area (Å²) < 4.78 is 35.8. The van der Waals surface area contributed by atoms with Crippen LogP contribution in [0.1, 0.15) is 33.6 Å². The lowest BCUT2D eigenvalue weighted by atomic mass is 9.87. The summed E-state index contributed by atoms with van der Waals surface area (Å²) in [7, 11) is 0. The molecule has 0 spiro atoms. The van der Waals surface area contributed by atoms with E-state index in [1.54, 1.807) is 0 Å². The molecule has 0 aliphatic heterocycles. The largest absolute Gasteiger partial charge is 0.405 e. The molecule has 0 heterocycles. The summed E-state index contributed by atoms with van der Waals surface area (Å²) in [5, 5.41) is 13.5. The summed E-state index contributed by atoms with van der Waals surface area (Å²) in [6, 6.07) is -0.684. The summed E-state index contributed by atoms with van der Waals surface area (Å²) in [6.45, 7) is 4.74. The SMILES string of the molecule is CC(NCC(C)(C)CCCO)C(=O)NCC(F)(F)F. The topological polar surface area (TPSA) is 61.4 Å². The molecule has 0 fully saturated rings. The third kappa shape index (κ3) is 9.72. The molecule has 0 bridgehead atoms. The number of alkyl halides is 3. The molecule has 1 atom stereocenters. The van der Waals surface area contributed by atoms with Crippen molar-refractivity contribution in [3.05, 3.63) is 0 Å². The zero-order valence-electron chi connectivity index (χ0n) is 11.6. The Morgan fingerprint density at radius 3 is 2.32 bits per heavy atom. The number of carbonyl (C=O) groups is 1. The van der Waals surface area contributed by atoms with Gasteiger partial charge in [-0.15, -0.1) is 0 Å². The van der Waals surface area contributed by atoms with Crippen molar-refractivity contribution in [3.63, 3.8) is 0 Å². The predicted octanol–water partition coefficient (Wildman–Crippen LogP) is 1.44. The monoisotopic (exact) mass is 284 g/mol. The van der Waals surface area contributed by atoms with Gasteiger partial charge in [0.05, 0.1) is 6.04 Å². The Kier molecular flexibility index (Phi) is 7.36. The lowest BCUT2D eigenvalue weighted by Gasteiger charge is -2.26. The fourth-order valence-electron chi connectivity index (χ4n) is 1.51. The molecular weight excluding hydrogens is 261 g/mol. The Labute approximate surface area is 111 Å². The second-order valence-corrected chi connectivity index (χ2v) is 5.43. The van der Waals surface area contributed by atoms with Crippen molar-refractivity contribution in [2.75, 3.05) is 19.7 Å². The number of rotatable bonds is 8. The quantitative estimate of drug-likeness (QED) is 0.632. The highest BCUT2D eigenvalue weighted by Gasteiger charge is 2.29. The maximum atomic E-state index is 11.9. The number of halogens is 3. The summed E-state index contributed by atoms with van der Waals surface area (Å²) in [4.78, 5) is 11.4. The van der Waals surface area contributed by atoms with Crippen molar-refractivity contribution in [1.82, 2.24) is 10.6 Å². The fraction of sp³-hybridized carbons (Fsp3) is 0.917. The van der Waals surface area contributed by atoms with Gasteiger partial charge in [-0.3, -0.25) is 4.79 Å². The molecule has 19 heavy (non-hydrogen) atoms. The van der Waals surface area contributed by atoms with Crippen LogP contribution >= 0.6 is 0 Å². The second kappa shape index (κ2) is 7.69. The minimum absolute atomic E-state index is 0.102. The van der Waals surface area contributed by atoms with Gasteiger partial charge < -0.3 is 15.7 Å². The Morgan fingerprint density at radius 2 is 1.84 bits per heavy atom. The number of hydrogen-bond donors (Lipinski definition) is 3. The van der Waals surface area contributed by atoms with E-state index < -0.39 is 24.7 Å². The molecular formula is C12H23F3N2O2. The maximum Gasteiger partial charge on any atom is 0.405 e. The first kappa shape index (κ1) is 18.2. The van der Waals surface area contributed by atoms with Crippen molar-refractivity contribution >= 4 is 5.91 Å². The van der Waals surface area contributed by atoms with E-state index in [-0.39, 0.29) is 12.0 Å². The molecule has 0 aliphatic rings. The third-order valence-electron chi connectivity index (χ3n) is 2.75. The molecule has 0 saturated carbocycles. The van der Waals surface area contributed by atoms with Gasteiger partial charge in [-0.2, -0.15) is 13.2 Å². The molecule has 0 aromatic heterocycles. The van der Waals surface area contributed by atoms with Crippen LogP contribution < -0.4 is 10.6 Å². The second-order valence-electron chi connectivity index (χ2n) is 5.43. The molecule has 0 radical (unpaired) electrons. The van der Waals surface area contributed by atoms with Crippen LogP contribution in [0.15, 0.2) is 0 Å². The van der Waals surface area contributed by atoms with Crippen LogP contribution in [-0.2, 0) is 4.79 Å². The first-order valence-corrected chi connectivity index (χ1v) is 6.26. The van der Waals surface area contributed by atoms with E-state index in [1.165, 1.54) is 6.92 Å². The highest BCUT2D eigenvalue weighted by molar-refractivity contribution is 5.81. The molecule has 7 heteroatoms. The van der Waals surface area contributed by atoms with Crippen LogP contribution in [0.3, 0.4) is 0 Å². The van der Waals surface area contributed by atoms with Gasteiger partial charge in [-0.25, -0.2) is 0 Å². The predicted molar refractivity (Wildman–Crippen MR) is 66.6 cm³/mol. The van der Waals surface area contributed by atoms with E-state index in [1.807, 2.05) is 19.2 Å². The number of aliphatic hydroxyl groups is 1. The summed E-state index contributed by atoms with van der Waals surface area (Å²) in [6.07, 6.45) is -2.97. The minimum Gasteiger partial charge on any atom is -0.396 e. The zero-order valence-corrected chi connectivity index (χ0v) is 11.6. The van der Waals surface area contributed by atoms with Gasteiger partial charge >= 0.3 is 6.18 Å². The van der Waals surface area contributed by atoms with E-state index in [0.717, 1.165) is 6.42 Å². The van der Waals surface area contributed by atoms with Gasteiger partial charge in [0.15, 0.2) is 0 Å². The van der Waals surface area contributed by atoms with Crippen LogP contribution in [0.25, 0.3) is 0 Å². The van der Waals surface area contributed by atoms with Crippen LogP contribution in [-0.4, -0.2) is 42.9 Å². The van der Waals surface area contributed by atoms with E-state index >= 15 is 0 Å². The van der Waals surface area contributed by atoms with Crippen LogP contribution in [0.5, 0.6) is 0 Å².